The Bertz CT molecular complexity index is 1360. The molecule has 5 nitrogen and oxygen atoms in total. The van der Waals surface area contributed by atoms with Crippen molar-refractivity contribution < 1.29 is 40.2 Å². The Balaban J connectivity index is 0.000000586. The van der Waals surface area contributed by atoms with E-state index in [0.29, 0.717) is 0 Å². The van der Waals surface area contributed by atoms with Gasteiger partial charge in [0.05, 0.1) is 23.7 Å². The van der Waals surface area contributed by atoms with Gasteiger partial charge in [0.2, 0.25) is 0 Å². The number of alkyl halides is 2. The number of aliphatic carboxylic acids is 2. The van der Waals surface area contributed by atoms with Crippen LogP contribution in [-0.4, -0.2) is 36.3 Å². The molecule has 5 aromatic carbocycles. The largest absolute Gasteiger partial charge is 2.00 e. The Labute approximate surface area is 297 Å². The van der Waals surface area contributed by atoms with Crippen LogP contribution < -0.4 is 36.3 Å². The molecule has 5 aromatic rings. The number of anilines is 1. The Hall–Kier alpha value is -3.06. The predicted octanol–water partition coefficient (Wildman–Crippen LogP) is 4.62. The molecule has 0 amide bonds. The third-order valence-electron chi connectivity index (χ3n) is 6.24. The van der Waals surface area contributed by atoms with Gasteiger partial charge in [-0.3, -0.25) is 0 Å². The van der Waals surface area contributed by atoms with Gasteiger partial charge in [-0.1, -0.05) is 140 Å². The molecule has 0 bridgehead atoms. The van der Waals surface area contributed by atoms with E-state index in [2.05, 4.69) is 180 Å². The summed E-state index contributed by atoms with van der Waals surface area (Å²) >= 11 is 9.35. The van der Waals surface area contributed by atoms with E-state index in [0.717, 1.165) is 12.6 Å². The number of hydrogen-bond donors (Lipinski definition) is 0. The summed E-state index contributed by atoms with van der Waals surface area (Å²) in [6.45, 7) is 0. The Morgan fingerprint density at radius 3 is 0.913 bits per heavy atom. The first-order valence-corrected chi connectivity index (χ1v) is 18.1. The van der Waals surface area contributed by atoms with Gasteiger partial charge in [0.1, 0.15) is 0 Å². The van der Waals surface area contributed by atoms with Gasteiger partial charge in [0.15, 0.2) is 0 Å². The van der Waals surface area contributed by atoms with Crippen LogP contribution in [0.2, 0.25) is 0 Å². The van der Waals surface area contributed by atoms with Crippen molar-refractivity contribution in [3.63, 3.8) is 0 Å². The number of carbonyl (C=O) groups is 2. The van der Waals surface area contributed by atoms with E-state index >= 15 is 0 Å². The van der Waals surface area contributed by atoms with E-state index in [4.69, 9.17) is 19.8 Å². The second-order valence-corrected chi connectivity index (χ2v) is 14.2. The third-order valence-corrected chi connectivity index (χ3v) is 11.6. The van der Waals surface area contributed by atoms with Gasteiger partial charge < -0.3 is 24.7 Å². The van der Waals surface area contributed by atoms with Gasteiger partial charge in [-0.25, -0.2) is 0 Å². The summed E-state index contributed by atoms with van der Waals surface area (Å²) in [4.78, 5) is 20.9. The SMILES string of the molecule is O=C([O-])CCl.O=C([O-])CCl.[Pd+2].c1ccc(N(CP(c2ccccc2)c2ccccc2)CP(c2ccccc2)c2ccccc2)cc1. The monoisotopic (exact) mass is 781 g/mol. The zero-order valence-electron chi connectivity index (χ0n) is 24.8. The van der Waals surface area contributed by atoms with Gasteiger partial charge in [-0.2, -0.15) is 0 Å². The fourth-order valence-corrected chi connectivity index (χ4v) is 8.99. The summed E-state index contributed by atoms with van der Waals surface area (Å²) in [7, 11) is -1.09. The maximum Gasteiger partial charge on any atom is 2.00 e. The second kappa shape index (κ2) is 22.5. The van der Waals surface area contributed by atoms with Crippen LogP contribution in [0.4, 0.5) is 5.69 Å². The van der Waals surface area contributed by atoms with Crippen molar-refractivity contribution >= 4 is 77.9 Å². The Morgan fingerprint density at radius 2 is 0.696 bits per heavy atom. The molecule has 10 heteroatoms. The predicted molar refractivity (Wildman–Crippen MR) is 188 cm³/mol. The summed E-state index contributed by atoms with van der Waals surface area (Å²) in [6, 6.07) is 55.1. The fraction of sp³-hybridized carbons (Fsp3) is 0.111. The molecule has 0 spiro atoms. The Morgan fingerprint density at radius 1 is 0.478 bits per heavy atom. The second-order valence-electron chi connectivity index (χ2n) is 9.37. The minimum atomic E-state index is -1.23. The first-order valence-electron chi connectivity index (χ1n) is 14.0. The summed E-state index contributed by atoms with van der Waals surface area (Å²) in [5.41, 5.74) is 1.28. The number of para-hydroxylation sites is 1. The normalized spacial score (nSPS) is 10.0. The number of hydrogen-bond acceptors (Lipinski definition) is 5. The van der Waals surface area contributed by atoms with Crippen molar-refractivity contribution in [3.8, 4) is 0 Å². The molecule has 0 aliphatic rings. The van der Waals surface area contributed by atoms with Gasteiger partial charge in [0, 0.05) is 18.3 Å². The number of benzene rings is 5. The average molecular weight is 783 g/mol. The van der Waals surface area contributed by atoms with E-state index in [1.165, 1.54) is 26.9 Å². The summed E-state index contributed by atoms with van der Waals surface area (Å²) in [6.07, 6.45) is 1.96. The number of carboxylic acid groups (broad SMARTS) is 2. The van der Waals surface area contributed by atoms with Crippen molar-refractivity contribution in [3.05, 3.63) is 152 Å². The van der Waals surface area contributed by atoms with Crippen molar-refractivity contribution in [2.45, 2.75) is 0 Å². The molecule has 0 radical (unpaired) electrons. The number of carbonyl (C=O) groups excluding carboxylic acids is 2. The van der Waals surface area contributed by atoms with Crippen LogP contribution in [0.15, 0.2) is 152 Å². The van der Waals surface area contributed by atoms with Gasteiger partial charge in [-0.15, -0.1) is 23.2 Å². The number of carboxylic acids is 2. The van der Waals surface area contributed by atoms with Crippen molar-refractivity contribution in [2.24, 2.45) is 0 Å². The summed E-state index contributed by atoms with van der Waals surface area (Å²) in [5, 5.41) is 23.9. The molecule has 0 aliphatic heterocycles. The first kappa shape index (κ1) is 39.1. The van der Waals surface area contributed by atoms with E-state index in [1.807, 2.05) is 0 Å². The molecule has 0 heterocycles. The van der Waals surface area contributed by atoms with Crippen LogP contribution in [0.3, 0.4) is 0 Å². The molecule has 0 fully saturated rings. The molecule has 0 unspecified atom stereocenters. The van der Waals surface area contributed by atoms with E-state index < -0.39 is 39.5 Å². The van der Waals surface area contributed by atoms with Gasteiger partial charge in [-0.05, 0) is 49.2 Å². The van der Waals surface area contributed by atoms with Crippen LogP contribution >= 0.6 is 39.0 Å². The smallest absolute Gasteiger partial charge is 0.549 e. The number of halogens is 2. The van der Waals surface area contributed by atoms with Crippen LogP contribution in [0.25, 0.3) is 0 Å². The third kappa shape index (κ3) is 13.7. The van der Waals surface area contributed by atoms with E-state index in [1.54, 1.807) is 0 Å². The molecule has 0 aromatic heterocycles. The summed E-state index contributed by atoms with van der Waals surface area (Å²) in [5.74, 6) is -3.29. The van der Waals surface area contributed by atoms with E-state index in [9.17, 15) is 0 Å². The summed E-state index contributed by atoms with van der Waals surface area (Å²) < 4.78 is 0. The van der Waals surface area contributed by atoms with Crippen molar-refractivity contribution in [1.82, 2.24) is 0 Å². The molecular formula is C36H33Cl2NO4P2Pd. The molecular weight excluding hydrogens is 750 g/mol. The quantitative estimate of drug-likeness (QED) is 0.111. The van der Waals surface area contributed by atoms with Crippen LogP contribution in [0.1, 0.15) is 0 Å². The fourth-order valence-electron chi connectivity index (χ4n) is 4.24. The maximum atomic E-state index is 9.12. The first-order chi connectivity index (χ1) is 21.9. The molecule has 0 saturated heterocycles. The van der Waals surface area contributed by atoms with Gasteiger partial charge in [0.25, 0.3) is 0 Å². The standard InChI is InChI=1S/C32H29NP2.2C2H3ClO2.Pd/c1-6-16-28(17-7-1)33(26-34(29-18-8-2-9-19-29)30-20-10-3-11-21-30)27-35(31-22-12-4-13-23-31)32-24-14-5-15-25-32;2*3-1-2(4)5;/h1-25H,26-27H2;2*1H2,(H,4,5);/q;;;+2/p-2. The molecule has 240 valence electrons. The zero-order valence-corrected chi connectivity index (χ0v) is 29.7. The van der Waals surface area contributed by atoms with Crippen LogP contribution in [0.5, 0.6) is 0 Å². The minimum absolute atomic E-state index is 0. The molecule has 0 saturated carbocycles. The average Bonchev–Trinajstić information content (AvgIpc) is 3.11. The molecule has 46 heavy (non-hydrogen) atoms. The molecule has 5 rings (SSSR count). The zero-order chi connectivity index (χ0) is 32.3. The minimum Gasteiger partial charge on any atom is -0.549 e. The van der Waals surface area contributed by atoms with Crippen molar-refractivity contribution in [1.29, 1.82) is 0 Å². The van der Waals surface area contributed by atoms with Crippen molar-refractivity contribution in [2.75, 3.05) is 29.2 Å². The topological polar surface area (TPSA) is 83.5 Å². The number of rotatable bonds is 11. The molecule has 0 aliphatic carbocycles. The van der Waals surface area contributed by atoms with Gasteiger partial charge >= 0.3 is 20.4 Å². The molecule has 0 N–H and O–H groups in total. The maximum absolute atomic E-state index is 9.12. The number of nitrogens with zero attached hydrogens (tertiary/aromatic N) is 1. The Kier molecular flexibility index (Phi) is 19.1. The van der Waals surface area contributed by atoms with Crippen LogP contribution in [0, 0.1) is 0 Å². The van der Waals surface area contributed by atoms with Crippen LogP contribution in [-0.2, 0) is 30.0 Å². The van der Waals surface area contributed by atoms with E-state index in [-0.39, 0.29) is 20.4 Å². The molecule has 0 atom stereocenters.